The zero-order valence-electron chi connectivity index (χ0n) is 18.6. The van der Waals surface area contributed by atoms with Crippen molar-refractivity contribution in [2.45, 2.75) is 24.2 Å². The molecule has 2 fully saturated rings. The third-order valence-electron chi connectivity index (χ3n) is 6.58. The van der Waals surface area contributed by atoms with Crippen LogP contribution in [-0.4, -0.2) is 55.4 Å². The highest BCUT2D eigenvalue weighted by atomic mass is 35.5. The SMILES string of the molecule is COc1ccc(Cl)cc1S(=O)(=O)N1CCC2(CC1)CN(c1nc(Cc3ccc(F)cc3)ns1)C2. The van der Waals surface area contributed by atoms with E-state index < -0.39 is 10.0 Å². The minimum absolute atomic E-state index is 0.0905. The predicted octanol–water partition coefficient (Wildman–Crippen LogP) is 4.22. The van der Waals surface area contributed by atoms with Gasteiger partial charge in [-0.05, 0) is 48.7 Å². The van der Waals surface area contributed by atoms with Crippen molar-refractivity contribution in [3.05, 3.63) is 64.7 Å². The Morgan fingerprint density at radius 3 is 2.53 bits per heavy atom. The highest BCUT2D eigenvalue weighted by Gasteiger charge is 2.47. The van der Waals surface area contributed by atoms with E-state index in [1.807, 2.05) is 0 Å². The molecular weight excluding hydrogens is 499 g/mol. The number of aromatic nitrogens is 2. The second kappa shape index (κ2) is 9.07. The fraction of sp³-hybridized carbons (Fsp3) is 0.391. The van der Waals surface area contributed by atoms with Crippen molar-refractivity contribution in [2.24, 2.45) is 5.41 Å². The third-order valence-corrected chi connectivity index (χ3v) is 9.55. The maximum atomic E-state index is 13.2. The highest BCUT2D eigenvalue weighted by Crippen LogP contribution is 2.44. The molecule has 3 aromatic rings. The van der Waals surface area contributed by atoms with E-state index in [1.165, 1.54) is 41.1 Å². The Kier molecular flexibility index (Phi) is 6.26. The molecule has 2 aromatic carbocycles. The number of benzene rings is 2. The minimum Gasteiger partial charge on any atom is -0.495 e. The number of methoxy groups -OCH3 is 1. The molecule has 1 aromatic heterocycles. The quantitative estimate of drug-likeness (QED) is 0.482. The van der Waals surface area contributed by atoms with E-state index in [2.05, 4.69) is 14.3 Å². The van der Waals surface area contributed by atoms with Crippen LogP contribution < -0.4 is 9.64 Å². The van der Waals surface area contributed by atoms with Gasteiger partial charge in [-0.15, -0.1) is 0 Å². The highest BCUT2D eigenvalue weighted by molar-refractivity contribution is 7.89. The zero-order valence-corrected chi connectivity index (χ0v) is 21.0. The first-order valence-electron chi connectivity index (χ1n) is 10.9. The van der Waals surface area contributed by atoms with Crippen molar-refractivity contribution in [3.63, 3.8) is 0 Å². The monoisotopic (exact) mass is 522 g/mol. The van der Waals surface area contributed by atoms with E-state index in [9.17, 15) is 12.8 Å². The molecule has 2 aliphatic heterocycles. The molecule has 7 nitrogen and oxygen atoms in total. The largest absolute Gasteiger partial charge is 0.495 e. The number of anilines is 1. The Balaban J connectivity index is 1.19. The van der Waals surface area contributed by atoms with Crippen LogP contribution in [0.2, 0.25) is 5.02 Å². The molecule has 0 aliphatic carbocycles. The molecule has 1 spiro atoms. The van der Waals surface area contributed by atoms with Gasteiger partial charge in [0.1, 0.15) is 22.3 Å². The zero-order chi connectivity index (χ0) is 23.9. The molecule has 0 atom stereocenters. The van der Waals surface area contributed by atoms with E-state index in [1.54, 1.807) is 24.3 Å². The standard InChI is InChI=1S/C23H24ClFN4O3S2/c1-32-19-7-4-17(24)13-20(19)34(30,31)29-10-8-23(9-11-29)14-28(15-23)22-26-21(27-33-22)12-16-2-5-18(25)6-3-16/h2-7,13H,8-12,14-15H2,1H3. The predicted molar refractivity (Wildman–Crippen MR) is 130 cm³/mol. The normalized spacial score (nSPS) is 18.1. The molecule has 0 saturated carbocycles. The number of hydrogen-bond donors (Lipinski definition) is 0. The summed E-state index contributed by atoms with van der Waals surface area (Å²) in [5.74, 6) is 0.767. The van der Waals surface area contributed by atoms with Crippen LogP contribution in [0.4, 0.5) is 9.52 Å². The van der Waals surface area contributed by atoms with Crippen molar-refractivity contribution < 1.29 is 17.5 Å². The van der Waals surface area contributed by atoms with Crippen LogP contribution in [0.15, 0.2) is 47.4 Å². The van der Waals surface area contributed by atoms with E-state index >= 15 is 0 Å². The first-order chi connectivity index (χ1) is 16.3. The Morgan fingerprint density at radius 2 is 1.85 bits per heavy atom. The van der Waals surface area contributed by atoms with E-state index in [0.717, 1.165) is 42.5 Å². The van der Waals surface area contributed by atoms with Gasteiger partial charge in [-0.3, -0.25) is 0 Å². The lowest BCUT2D eigenvalue weighted by Crippen LogP contribution is -2.61. The lowest BCUT2D eigenvalue weighted by Gasteiger charge is -2.53. The van der Waals surface area contributed by atoms with Gasteiger partial charge < -0.3 is 9.64 Å². The molecule has 0 unspecified atom stereocenters. The van der Waals surface area contributed by atoms with Crippen molar-refractivity contribution in [1.82, 2.24) is 13.7 Å². The molecule has 0 bridgehead atoms. The maximum absolute atomic E-state index is 13.2. The number of rotatable bonds is 6. The van der Waals surface area contributed by atoms with Crippen LogP contribution in [0.25, 0.3) is 0 Å². The fourth-order valence-electron chi connectivity index (χ4n) is 4.64. The van der Waals surface area contributed by atoms with Gasteiger partial charge in [0, 0.05) is 54.6 Å². The summed E-state index contributed by atoms with van der Waals surface area (Å²) in [5, 5.41) is 1.24. The second-order valence-electron chi connectivity index (χ2n) is 8.85. The topological polar surface area (TPSA) is 75.6 Å². The van der Waals surface area contributed by atoms with E-state index in [-0.39, 0.29) is 16.1 Å². The molecule has 0 radical (unpaired) electrons. The van der Waals surface area contributed by atoms with Crippen LogP contribution in [0.1, 0.15) is 24.2 Å². The Bertz CT molecular complexity index is 1280. The molecule has 3 heterocycles. The second-order valence-corrected chi connectivity index (χ2v) is 11.9. The molecule has 0 amide bonds. The summed E-state index contributed by atoms with van der Waals surface area (Å²) in [5.41, 5.74) is 1.06. The molecule has 11 heteroatoms. The van der Waals surface area contributed by atoms with Gasteiger partial charge in [0.2, 0.25) is 15.2 Å². The summed E-state index contributed by atoms with van der Waals surface area (Å²) in [6.45, 7) is 2.59. The number of sulfonamides is 1. The first-order valence-corrected chi connectivity index (χ1v) is 13.5. The average Bonchev–Trinajstić information content (AvgIpc) is 3.27. The van der Waals surface area contributed by atoms with Gasteiger partial charge in [0.05, 0.1) is 7.11 Å². The number of piperidine rings is 1. The van der Waals surface area contributed by atoms with Crippen LogP contribution in [0, 0.1) is 11.2 Å². The molecule has 34 heavy (non-hydrogen) atoms. The summed E-state index contributed by atoms with van der Waals surface area (Å²) in [4.78, 5) is 6.97. The minimum atomic E-state index is -3.69. The molecule has 0 N–H and O–H groups in total. The summed E-state index contributed by atoms with van der Waals surface area (Å²) >= 11 is 7.42. The van der Waals surface area contributed by atoms with E-state index in [4.69, 9.17) is 16.3 Å². The average molecular weight is 523 g/mol. The third kappa shape index (κ3) is 4.51. The van der Waals surface area contributed by atoms with Gasteiger partial charge in [-0.25, -0.2) is 17.8 Å². The number of halogens is 2. The molecule has 2 aliphatic rings. The first kappa shape index (κ1) is 23.5. The van der Waals surface area contributed by atoms with Gasteiger partial charge in [0.15, 0.2) is 0 Å². The lowest BCUT2D eigenvalue weighted by atomic mass is 9.73. The van der Waals surface area contributed by atoms with Crippen LogP contribution in [-0.2, 0) is 16.4 Å². The van der Waals surface area contributed by atoms with Crippen LogP contribution in [0.5, 0.6) is 5.75 Å². The Hall–Kier alpha value is -2.27. The molecule has 2 saturated heterocycles. The summed E-state index contributed by atoms with van der Waals surface area (Å²) in [6.07, 6.45) is 2.13. The van der Waals surface area contributed by atoms with Gasteiger partial charge in [-0.1, -0.05) is 23.7 Å². The van der Waals surface area contributed by atoms with E-state index in [0.29, 0.717) is 30.3 Å². The van der Waals surface area contributed by atoms with Gasteiger partial charge in [-0.2, -0.15) is 8.68 Å². The smallest absolute Gasteiger partial charge is 0.246 e. The number of nitrogens with zero attached hydrogens (tertiary/aromatic N) is 4. The molecular formula is C23H24ClFN4O3S2. The van der Waals surface area contributed by atoms with Crippen LogP contribution in [0.3, 0.4) is 0 Å². The summed E-state index contributed by atoms with van der Waals surface area (Å²) in [7, 11) is -2.24. The van der Waals surface area contributed by atoms with Crippen molar-refractivity contribution in [3.8, 4) is 5.75 Å². The van der Waals surface area contributed by atoms with Gasteiger partial charge in [0.25, 0.3) is 0 Å². The van der Waals surface area contributed by atoms with Crippen LogP contribution >= 0.6 is 23.1 Å². The van der Waals surface area contributed by atoms with Crippen molar-refractivity contribution >= 4 is 38.3 Å². The van der Waals surface area contributed by atoms with Crippen molar-refractivity contribution in [2.75, 3.05) is 38.2 Å². The lowest BCUT2D eigenvalue weighted by molar-refractivity contribution is 0.114. The fourth-order valence-corrected chi connectivity index (χ4v) is 7.18. The Labute approximate surface area is 207 Å². The number of hydrogen-bond acceptors (Lipinski definition) is 7. The number of ether oxygens (including phenoxy) is 1. The molecule has 5 rings (SSSR count). The summed E-state index contributed by atoms with van der Waals surface area (Å²) < 4.78 is 50.8. The van der Waals surface area contributed by atoms with Gasteiger partial charge >= 0.3 is 0 Å². The Morgan fingerprint density at radius 1 is 1.15 bits per heavy atom. The molecule has 180 valence electrons. The summed E-state index contributed by atoms with van der Waals surface area (Å²) in [6, 6.07) is 11.0. The van der Waals surface area contributed by atoms with Crippen molar-refractivity contribution in [1.29, 1.82) is 0 Å². The maximum Gasteiger partial charge on any atom is 0.246 e.